The van der Waals surface area contributed by atoms with Crippen molar-refractivity contribution in [3.63, 3.8) is 0 Å². The van der Waals surface area contributed by atoms with Crippen LogP contribution in [0.25, 0.3) is 0 Å². The highest BCUT2D eigenvalue weighted by Crippen LogP contribution is 2.38. The number of aliphatic hydroxyl groups excluding tert-OH is 1. The van der Waals surface area contributed by atoms with Gasteiger partial charge in [0, 0.05) is 6.42 Å². The van der Waals surface area contributed by atoms with Crippen LogP contribution >= 0.6 is 7.82 Å². The summed E-state index contributed by atoms with van der Waals surface area (Å²) in [4.78, 5) is 25.2. The van der Waals surface area contributed by atoms with Crippen LogP contribution < -0.4 is 10.2 Å². The van der Waals surface area contributed by atoms with Crippen molar-refractivity contribution >= 4 is 13.7 Å². The molecule has 0 aliphatic heterocycles. The number of hydrogen-bond donors (Lipinski definition) is 2. The molecule has 0 aliphatic rings. The fourth-order valence-electron chi connectivity index (χ4n) is 5.79. The van der Waals surface area contributed by atoms with Crippen molar-refractivity contribution in [2.45, 2.75) is 180 Å². The number of unbranched alkanes of at least 4 members (excludes halogenated alkanes) is 17. The van der Waals surface area contributed by atoms with Crippen LogP contribution in [0.4, 0.5) is 0 Å². The van der Waals surface area contributed by atoms with E-state index in [1.807, 2.05) is 27.2 Å². The van der Waals surface area contributed by atoms with Crippen LogP contribution in [0, 0.1) is 0 Å². The van der Waals surface area contributed by atoms with Crippen LogP contribution in [0.1, 0.15) is 168 Å². The average molecular weight is 779 g/mol. The van der Waals surface area contributed by atoms with E-state index in [0.29, 0.717) is 17.4 Å². The van der Waals surface area contributed by atoms with Crippen molar-refractivity contribution in [1.29, 1.82) is 0 Å². The molecule has 0 aromatic rings. The van der Waals surface area contributed by atoms with E-state index < -0.39 is 20.0 Å². The molecule has 0 rings (SSSR count). The summed E-state index contributed by atoms with van der Waals surface area (Å²) < 4.78 is 23.1. The topological polar surface area (TPSA) is 108 Å². The molecule has 3 atom stereocenters. The van der Waals surface area contributed by atoms with Gasteiger partial charge >= 0.3 is 0 Å². The molecule has 0 heterocycles. The molecule has 0 aromatic heterocycles. The minimum Gasteiger partial charge on any atom is -0.756 e. The van der Waals surface area contributed by atoms with E-state index in [1.54, 1.807) is 6.08 Å². The van der Waals surface area contributed by atoms with Crippen LogP contribution in [0.5, 0.6) is 0 Å². The van der Waals surface area contributed by atoms with E-state index in [2.05, 4.69) is 67.8 Å². The van der Waals surface area contributed by atoms with Gasteiger partial charge in [0.1, 0.15) is 13.2 Å². The van der Waals surface area contributed by atoms with Crippen molar-refractivity contribution < 1.29 is 32.9 Å². The molecule has 0 aromatic carbocycles. The second-order valence-corrected chi connectivity index (χ2v) is 17.1. The zero-order chi connectivity index (χ0) is 40.0. The Morgan fingerprint density at radius 1 is 0.667 bits per heavy atom. The van der Waals surface area contributed by atoms with E-state index in [1.165, 1.54) is 70.6 Å². The summed E-state index contributed by atoms with van der Waals surface area (Å²) in [6.07, 6.45) is 46.9. The lowest BCUT2D eigenvalue weighted by Crippen LogP contribution is -2.45. The Labute approximate surface area is 332 Å². The van der Waals surface area contributed by atoms with Gasteiger partial charge in [0.15, 0.2) is 0 Å². The van der Waals surface area contributed by atoms with Gasteiger partial charge < -0.3 is 28.8 Å². The maximum atomic E-state index is 12.8. The number of phosphoric ester groups is 1. The molecule has 2 N–H and O–H groups in total. The van der Waals surface area contributed by atoms with E-state index in [4.69, 9.17) is 9.05 Å². The van der Waals surface area contributed by atoms with Gasteiger partial charge in [0.2, 0.25) is 5.91 Å². The van der Waals surface area contributed by atoms with Crippen LogP contribution in [0.2, 0.25) is 0 Å². The zero-order valence-corrected chi connectivity index (χ0v) is 36.3. The molecule has 0 radical (unpaired) electrons. The number of allylic oxidation sites excluding steroid dienone is 9. The molecule has 0 aliphatic carbocycles. The summed E-state index contributed by atoms with van der Waals surface area (Å²) in [5, 5.41) is 13.7. The van der Waals surface area contributed by atoms with Crippen LogP contribution in [-0.4, -0.2) is 68.5 Å². The van der Waals surface area contributed by atoms with Crippen LogP contribution in [-0.2, 0) is 18.4 Å². The molecular formula is C45H83N2O6P. The number of carbonyl (C=O) groups is 1. The largest absolute Gasteiger partial charge is 0.756 e. The summed E-state index contributed by atoms with van der Waals surface area (Å²) in [5.74, 6) is -0.211. The lowest BCUT2D eigenvalue weighted by molar-refractivity contribution is -0.870. The van der Waals surface area contributed by atoms with Gasteiger partial charge in [-0.15, -0.1) is 0 Å². The Hall–Kier alpha value is -1.80. The summed E-state index contributed by atoms with van der Waals surface area (Å²) >= 11 is 0. The van der Waals surface area contributed by atoms with Crippen molar-refractivity contribution in [2.24, 2.45) is 0 Å². The van der Waals surface area contributed by atoms with E-state index in [-0.39, 0.29) is 19.1 Å². The van der Waals surface area contributed by atoms with Crippen LogP contribution in [0.3, 0.4) is 0 Å². The number of hydrogen-bond acceptors (Lipinski definition) is 6. The Bertz CT molecular complexity index is 1060. The number of quaternary nitrogens is 1. The second kappa shape index (κ2) is 36.8. The van der Waals surface area contributed by atoms with Crippen molar-refractivity contribution in [1.82, 2.24) is 5.32 Å². The third kappa shape index (κ3) is 38.5. The summed E-state index contributed by atoms with van der Waals surface area (Å²) in [5.41, 5.74) is 0. The standard InChI is InChI=1S/C45H83N2O6P/c1-6-8-10-12-14-16-18-19-20-21-22-23-24-25-26-27-29-31-33-35-37-39-45(49)46-43(42-53-54(50,51)52-41-40-47(3,4)5)44(48)38-36-34-32-30-28-17-15-13-11-9-7-2/h8,10,14,16,19-20,22-23,36,38,43-44,48H,6-7,9,11-13,15,17-18,21,24-35,37,39-42H2,1-5H3,(H-,46,49,50,51)/b10-8-,16-14-,20-19-,23-22-,38-36+. The molecule has 0 spiro atoms. The van der Waals surface area contributed by atoms with Gasteiger partial charge in [-0.05, 0) is 57.8 Å². The fraction of sp³-hybridized carbons (Fsp3) is 0.756. The highest BCUT2D eigenvalue weighted by Gasteiger charge is 2.23. The number of likely N-dealkylation sites (N-methyl/N-ethyl adjacent to an activating group) is 1. The third-order valence-electron chi connectivity index (χ3n) is 9.23. The maximum Gasteiger partial charge on any atom is 0.268 e. The Kier molecular flexibility index (Phi) is 35.6. The number of carbonyl (C=O) groups excluding carboxylic acids is 1. The van der Waals surface area contributed by atoms with Crippen molar-refractivity contribution in [3.8, 4) is 0 Å². The van der Waals surface area contributed by atoms with Gasteiger partial charge in [-0.1, -0.05) is 164 Å². The van der Waals surface area contributed by atoms with Crippen molar-refractivity contribution in [2.75, 3.05) is 40.9 Å². The molecule has 8 nitrogen and oxygen atoms in total. The Morgan fingerprint density at radius 3 is 1.65 bits per heavy atom. The first-order valence-corrected chi connectivity index (χ1v) is 23.1. The smallest absolute Gasteiger partial charge is 0.268 e. The lowest BCUT2D eigenvalue weighted by Gasteiger charge is -2.29. The first-order chi connectivity index (χ1) is 26.0. The minimum atomic E-state index is -4.59. The summed E-state index contributed by atoms with van der Waals surface area (Å²) in [6.45, 7) is 4.49. The first kappa shape index (κ1) is 52.2. The Balaban J connectivity index is 4.38. The molecule has 0 saturated carbocycles. The number of rotatable bonds is 38. The lowest BCUT2D eigenvalue weighted by atomic mass is 10.1. The monoisotopic (exact) mass is 779 g/mol. The molecule has 9 heteroatoms. The van der Waals surface area contributed by atoms with Gasteiger partial charge in [0.05, 0.1) is 39.9 Å². The molecule has 54 heavy (non-hydrogen) atoms. The van der Waals surface area contributed by atoms with Crippen LogP contribution in [0.15, 0.2) is 60.8 Å². The number of phosphoric acid groups is 1. The summed E-state index contributed by atoms with van der Waals surface area (Å²) in [6, 6.07) is -0.891. The Morgan fingerprint density at radius 2 is 1.13 bits per heavy atom. The van der Waals surface area contributed by atoms with Gasteiger partial charge in [-0.25, -0.2) is 0 Å². The van der Waals surface area contributed by atoms with E-state index in [0.717, 1.165) is 77.0 Å². The fourth-order valence-corrected chi connectivity index (χ4v) is 6.51. The predicted octanol–water partition coefficient (Wildman–Crippen LogP) is 11.2. The SMILES string of the molecule is CC/C=C\C/C=C\C/C=C\C/C=C\CCCCCCCCCCC(=O)NC(COP(=O)([O-])OCC[N+](C)(C)C)C(O)/C=C/CCCCCCCCCCC. The maximum absolute atomic E-state index is 12.8. The molecule has 3 unspecified atom stereocenters. The van der Waals surface area contributed by atoms with Crippen molar-refractivity contribution in [3.05, 3.63) is 60.8 Å². The van der Waals surface area contributed by atoms with E-state index >= 15 is 0 Å². The molecule has 0 fully saturated rings. The number of nitrogens with one attached hydrogen (secondary N) is 1. The number of nitrogens with zero attached hydrogens (tertiary/aromatic N) is 1. The second-order valence-electron chi connectivity index (χ2n) is 15.7. The normalized spacial score (nSPS) is 15.0. The minimum absolute atomic E-state index is 0.00543. The molecule has 0 saturated heterocycles. The highest BCUT2D eigenvalue weighted by atomic mass is 31.2. The quantitative estimate of drug-likeness (QED) is 0.0280. The zero-order valence-electron chi connectivity index (χ0n) is 35.4. The third-order valence-corrected chi connectivity index (χ3v) is 10.2. The van der Waals surface area contributed by atoms with Gasteiger partial charge in [-0.2, -0.15) is 0 Å². The molecular weight excluding hydrogens is 695 g/mol. The molecule has 0 bridgehead atoms. The van der Waals surface area contributed by atoms with Gasteiger partial charge in [0.25, 0.3) is 7.82 Å². The molecule has 314 valence electrons. The average Bonchev–Trinajstić information content (AvgIpc) is 3.12. The van der Waals surface area contributed by atoms with E-state index in [9.17, 15) is 19.4 Å². The van der Waals surface area contributed by atoms with Gasteiger partial charge in [-0.3, -0.25) is 9.36 Å². The predicted molar refractivity (Wildman–Crippen MR) is 228 cm³/mol. The number of aliphatic hydroxyl groups is 1. The first-order valence-electron chi connectivity index (χ1n) is 21.7. The molecule has 1 amide bonds. The highest BCUT2D eigenvalue weighted by molar-refractivity contribution is 7.45. The summed E-state index contributed by atoms with van der Waals surface area (Å²) in [7, 11) is 1.24. The number of amides is 1.